The van der Waals surface area contributed by atoms with Gasteiger partial charge in [0.05, 0.1) is 30.4 Å². The van der Waals surface area contributed by atoms with Crippen LogP contribution >= 0.6 is 0 Å². The summed E-state index contributed by atoms with van der Waals surface area (Å²) in [4.78, 5) is 22.6. The Hall–Kier alpha value is -3.06. The van der Waals surface area contributed by atoms with Crippen molar-refractivity contribution < 1.29 is 33.6 Å². The zero-order valence-electron chi connectivity index (χ0n) is 16.6. The Kier molecular flexibility index (Phi) is 6.18. The lowest BCUT2D eigenvalue weighted by Gasteiger charge is -2.17. The van der Waals surface area contributed by atoms with Gasteiger partial charge in [-0.3, -0.25) is 0 Å². The van der Waals surface area contributed by atoms with Crippen LogP contribution in [0.4, 0.5) is 0 Å². The van der Waals surface area contributed by atoms with Gasteiger partial charge in [0.15, 0.2) is 0 Å². The highest BCUT2D eigenvalue weighted by Crippen LogP contribution is 2.24. The number of phenolic OH excluding ortho intramolecular Hbond substituents is 1. The molecule has 1 saturated heterocycles. The van der Waals surface area contributed by atoms with E-state index >= 15 is 0 Å². The van der Waals surface area contributed by atoms with Gasteiger partial charge in [0.1, 0.15) is 18.1 Å². The average molecular weight is 412 g/mol. The molecule has 0 amide bonds. The Morgan fingerprint density at radius 3 is 2.23 bits per heavy atom. The molecule has 1 atom stereocenters. The molecule has 3 heterocycles. The Bertz CT molecular complexity index is 931. The minimum absolute atomic E-state index is 0.198. The van der Waals surface area contributed by atoms with E-state index < -0.39 is 0 Å². The number of fused-ring (bicyclic) bond motifs is 2. The van der Waals surface area contributed by atoms with Gasteiger partial charge in [0.2, 0.25) is 0 Å². The number of rotatable bonds is 3. The molecular formula is C23H24O7. The highest BCUT2D eigenvalue weighted by molar-refractivity contribution is 5.92. The van der Waals surface area contributed by atoms with Gasteiger partial charge in [-0.2, -0.15) is 0 Å². The zero-order chi connectivity index (χ0) is 20.9. The first-order valence-electron chi connectivity index (χ1n) is 10.1. The summed E-state index contributed by atoms with van der Waals surface area (Å²) < 4.78 is 21.0. The Labute approximate surface area is 174 Å². The van der Waals surface area contributed by atoms with E-state index in [4.69, 9.17) is 24.1 Å². The molecule has 1 N–H and O–H groups in total. The third-order valence-corrected chi connectivity index (χ3v) is 5.27. The molecule has 2 aromatic rings. The van der Waals surface area contributed by atoms with Crippen LogP contribution in [0.15, 0.2) is 36.4 Å². The summed E-state index contributed by atoms with van der Waals surface area (Å²) in [6.45, 7) is 2.30. The minimum Gasteiger partial charge on any atom is -0.508 e. The van der Waals surface area contributed by atoms with Gasteiger partial charge in [-0.1, -0.05) is 0 Å². The predicted octanol–water partition coefficient (Wildman–Crippen LogP) is 3.06. The lowest BCUT2D eigenvalue weighted by Crippen LogP contribution is -2.19. The molecule has 5 rings (SSSR count). The monoisotopic (exact) mass is 412 g/mol. The fraction of sp³-hybridized carbons (Fsp3) is 0.391. The lowest BCUT2D eigenvalue weighted by atomic mass is 10.0. The van der Waals surface area contributed by atoms with Gasteiger partial charge in [0, 0.05) is 19.4 Å². The van der Waals surface area contributed by atoms with Crippen molar-refractivity contribution in [1.82, 2.24) is 0 Å². The molecular weight excluding hydrogens is 388 g/mol. The molecule has 0 spiro atoms. The van der Waals surface area contributed by atoms with Gasteiger partial charge in [-0.25, -0.2) is 9.59 Å². The molecule has 0 aliphatic carbocycles. The summed E-state index contributed by atoms with van der Waals surface area (Å²) in [5.41, 5.74) is 3.10. The first-order chi connectivity index (χ1) is 14.6. The van der Waals surface area contributed by atoms with E-state index in [-0.39, 0.29) is 23.8 Å². The molecule has 1 fully saturated rings. The molecule has 7 nitrogen and oxygen atoms in total. The first-order valence-corrected chi connectivity index (χ1v) is 10.1. The smallest absolute Gasteiger partial charge is 0.338 e. The van der Waals surface area contributed by atoms with Gasteiger partial charge in [-0.05, 0) is 60.4 Å². The largest absolute Gasteiger partial charge is 0.508 e. The number of cyclic esters (lactones) is 2. The van der Waals surface area contributed by atoms with Crippen LogP contribution in [0.5, 0.6) is 11.5 Å². The van der Waals surface area contributed by atoms with E-state index in [1.807, 2.05) is 12.1 Å². The number of ether oxygens (including phenoxy) is 4. The molecule has 7 heteroatoms. The van der Waals surface area contributed by atoms with Gasteiger partial charge in [0.25, 0.3) is 0 Å². The van der Waals surface area contributed by atoms with Gasteiger partial charge < -0.3 is 24.1 Å². The minimum atomic E-state index is -0.295. The van der Waals surface area contributed by atoms with Crippen molar-refractivity contribution in [2.45, 2.75) is 31.8 Å². The van der Waals surface area contributed by atoms with E-state index in [1.165, 1.54) is 6.07 Å². The number of hydrogen-bond acceptors (Lipinski definition) is 7. The van der Waals surface area contributed by atoms with Gasteiger partial charge >= 0.3 is 11.9 Å². The number of carbonyl (C=O) groups excluding carboxylic acids is 2. The van der Waals surface area contributed by atoms with E-state index in [1.54, 1.807) is 18.2 Å². The molecule has 30 heavy (non-hydrogen) atoms. The number of aromatic hydroxyl groups is 1. The molecule has 0 bridgehead atoms. The van der Waals surface area contributed by atoms with Crippen molar-refractivity contribution in [3.8, 4) is 11.5 Å². The lowest BCUT2D eigenvalue weighted by molar-refractivity contribution is 0.0470. The summed E-state index contributed by atoms with van der Waals surface area (Å²) in [7, 11) is 0. The SMILES string of the molecule is O=C1OCCc2cc(O)ccc21.O=C1OCCc2cc(OC[C@@H]3CCCO3)ccc21. The van der Waals surface area contributed by atoms with Crippen LogP contribution in [0.1, 0.15) is 44.7 Å². The maximum absolute atomic E-state index is 11.5. The molecule has 0 aromatic heterocycles. The molecule has 0 unspecified atom stereocenters. The van der Waals surface area contributed by atoms with E-state index in [0.717, 1.165) is 42.7 Å². The molecule has 0 saturated carbocycles. The van der Waals surface area contributed by atoms with Crippen LogP contribution in [0.25, 0.3) is 0 Å². The number of benzene rings is 2. The van der Waals surface area contributed by atoms with Crippen molar-refractivity contribution in [2.24, 2.45) is 0 Å². The van der Waals surface area contributed by atoms with Crippen molar-refractivity contribution in [2.75, 3.05) is 26.4 Å². The second kappa shape index (κ2) is 9.17. The zero-order valence-corrected chi connectivity index (χ0v) is 16.6. The summed E-state index contributed by atoms with van der Waals surface area (Å²) in [6, 6.07) is 10.2. The number of esters is 2. The Morgan fingerprint density at radius 2 is 1.57 bits per heavy atom. The third kappa shape index (κ3) is 4.74. The van der Waals surface area contributed by atoms with E-state index in [0.29, 0.717) is 37.4 Å². The Morgan fingerprint density at radius 1 is 0.900 bits per heavy atom. The maximum atomic E-state index is 11.5. The van der Waals surface area contributed by atoms with Gasteiger partial charge in [-0.15, -0.1) is 0 Å². The molecule has 3 aliphatic heterocycles. The number of hydrogen-bond donors (Lipinski definition) is 1. The van der Waals surface area contributed by atoms with Crippen LogP contribution < -0.4 is 4.74 Å². The van der Waals surface area contributed by atoms with Crippen LogP contribution in [-0.4, -0.2) is 49.6 Å². The maximum Gasteiger partial charge on any atom is 0.338 e. The summed E-state index contributed by atoms with van der Waals surface area (Å²) in [6.07, 6.45) is 3.85. The van der Waals surface area contributed by atoms with Crippen molar-refractivity contribution >= 4 is 11.9 Å². The highest BCUT2D eigenvalue weighted by atomic mass is 16.5. The summed E-state index contributed by atoms with van der Waals surface area (Å²) in [5, 5.41) is 9.12. The fourth-order valence-electron chi connectivity index (χ4n) is 3.68. The summed E-state index contributed by atoms with van der Waals surface area (Å²) >= 11 is 0. The van der Waals surface area contributed by atoms with Crippen molar-refractivity contribution in [1.29, 1.82) is 0 Å². The van der Waals surface area contributed by atoms with Crippen LogP contribution in [0.3, 0.4) is 0 Å². The Balaban J connectivity index is 0.000000158. The van der Waals surface area contributed by atoms with Crippen LogP contribution in [0.2, 0.25) is 0 Å². The fourth-order valence-corrected chi connectivity index (χ4v) is 3.68. The van der Waals surface area contributed by atoms with Crippen LogP contribution in [-0.2, 0) is 27.1 Å². The third-order valence-electron chi connectivity index (χ3n) is 5.27. The molecule has 158 valence electrons. The van der Waals surface area contributed by atoms with Crippen molar-refractivity contribution in [3.63, 3.8) is 0 Å². The van der Waals surface area contributed by atoms with E-state index in [9.17, 15) is 9.59 Å². The topological polar surface area (TPSA) is 91.3 Å². The van der Waals surface area contributed by atoms with E-state index in [2.05, 4.69) is 0 Å². The highest BCUT2D eigenvalue weighted by Gasteiger charge is 2.20. The summed E-state index contributed by atoms with van der Waals surface area (Å²) in [5.74, 6) is 0.473. The number of phenols is 1. The standard InChI is InChI=1S/C14H16O4.C9H8O3/c15-14-13-4-3-11(8-10(13)5-7-17-14)18-9-12-2-1-6-16-12;10-7-1-2-8-6(5-7)3-4-12-9(8)11/h3-4,8,12H,1-2,5-7,9H2;1-2,5,10H,3-4H2/t12-;/m0./s1. The molecule has 3 aliphatic rings. The van der Waals surface area contributed by atoms with Crippen LogP contribution in [0, 0.1) is 0 Å². The first kappa shape index (κ1) is 20.2. The van der Waals surface area contributed by atoms with Crippen molar-refractivity contribution in [3.05, 3.63) is 58.7 Å². The second-order valence-electron chi connectivity index (χ2n) is 7.38. The predicted molar refractivity (Wildman–Crippen MR) is 107 cm³/mol. The average Bonchev–Trinajstić information content (AvgIpc) is 3.27. The number of carbonyl (C=O) groups is 2. The normalized spacial score (nSPS) is 19.5. The molecule has 0 radical (unpaired) electrons. The quantitative estimate of drug-likeness (QED) is 0.775. The molecule has 2 aromatic carbocycles. The second-order valence-corrected chi connectivity index (χ2v) is 7.38.